The number of para-hydroxylation sites is 2. The van der Waals surface area contributed by atoms with Gasteiger partial charge in [0.1, 0.15) is 0 Å². The van der Waals surface area contributed by atoms with E-state index in [-0.39, 0.29) is 16.2 Å². The molecule has 3 aliphatic heterocycles. The van der Waals surface area contributed by atoms with Crippen molar-refractivity contribution in [2.24, 2.45) is 0 Å². The maximum Gasteiger partial charge on any atom is 0.0544 e. The Morgan fingerprint density at radius 3 is 1.59 bits per heavy atom. The Kier molecular flexibility index (Phi) is 5.60. The van der Waals surface area contributed by atoms with Crippen molar-refractivity contribution in [2.45, 2.75) is 64.2 Å². The van der Waals surface area contributed by atoms with Crippen molar-refractivity contribution in [3.8, 4) is 22.3 Å². The molecule has 10 rings (SSSR count). The second-order valence-electron chi connectivity index (χ2n) is 15.9. The third kappa shape index (κ3) is 3.56. The molecule has 0 spiro atoms. The highest BCUT2D eigenvalue weighted by Gasteiger charge is 2.52. The first-order valence-electron chi connectivity index (χ1n) is 17.9. The average Bonchev–Trinajstić information content (AvgIpc) is 3.13. The molecule has 0 aromatic heterocycles. The molecule has 0 radical (unpaired) electrons. The number of fused-ring (bicyclic) bond motifs is 2. The van der Waals surface area contributed by atoms with E-state index in [4.69, 9.17) is 0 Å². The van der Waals surface area contributed by atoms with Gasteiger partial charge in [-0.2, -0.15) is 0 Å². The molecule has 0 saturated carbocycles. The van der Waals surface area contributed by atoms with Crippen molar-refractivity contribution in [3.63, 3.8) is 0 Å². The van der Waals surface area contributed by atoms with Crippen LogP contribution in [0.25, 0.3) is 43.8 Å². The lowest BCUT2D eigenvalue weighted by Gasteiger charge is -2.55. The van der Waals surface area contributed by atoms with Gasteiger partial charge in [-0.15, -0.1) is 0 Å². The summed E-state index contributed by atoms with van der Waals surface area (Å²) in [6.07, 6.45) is 1.03. The summed E-state index contributed by atoms with van der Waals surface area (Å²) in [5.41, 5.74) is 17.6. The van der Waals surface area contributed by atoms with Crippen LogP contribution in [0, 0.1) is 0 Å². The Hall–Kier alpha value is -5.14. The highest BCUT2D eigenvalue weighted by Crippen LogP contribution is 2.66. The molecule has 3 aliphatic rings. The van der Waals surface area contributed by atoms with Crippen molar-refractivity contribution < 1.29 is 0 Å². The van der Waals surface area contributed by atoms with Gasteiger partial charge < -0.3 is 4.90 Å². The van der Waals surface area contributed by atoms with Gasteiger partial charge in [-0.05, 0) is 102 Å². The van der Waals surface area contributed by atoms with E-state index in [1.807, 2.05) is 0 Å². The highest BCUT2D eigenvalue weighted by atomic mass is 15.2. The molecule has 3 heterocycles. The van der Waals surface area contributed by atoms with Gasteiger partial charge in [0, 0.05) is 16.2 Å². The van der Waals surface area contributed by atoms with E-state index in [9.17, 15) is 0 Å². The normalized spacial score (nSPS) is 18.9. The molecule has 0 N–H and O–H groups in total. The largest absolute Gasteiger partial charge is 0.309 e. The van der Waals surface area contributed by atoms with Crippen LogP contribution < -0.4 is 4.90 Å². The maximum atomic E-state index is 2.68. The fourth-order valence-electron chi connectivity index (χ4n) is 9.77. The van der Waals surface area contributed by atoms with Crippen LogP contribution in [0.3, 0.4) is 0 Å². The third-order valence-corrected chi connectivity index (χ3v) is 12.7. The van der Waals surface area contributed by atoms with Gasteiger partial charge in [-0.3, -0.25) is 0 Å². The van der Waals surface area contributed by atoms with Crippen molar-refractivity contribution >= 4 is 38.6 Å². The molecule has 1 heteroatoms. The van der Waals surface area contributed by atoms with Gasteiger partial charge in [-0.1, -0.05) is 151 Å². The van der Waals surface area contributed by atoms with E-state index in [1.54, 1.807) is 0 Å². The van der Waals surface area contributed by atoms with Crippen LogP contribution in [0.2, 0.25) is 0 Å². The fraction of sp³-hybridized carbons (Fsp3) is 0.208. The Morgan fingerprint density at radius 1 is 0.429 bits per heavy atom. The lowest BCUT2D eigenvalue weighted by Crippen LogP contribution is -2.44. The van der Waals surface area contributed by atoms with Gasteiger partial charge in [0.05, 0.1) is 17.1 Å². The first kappa shape index (κ1) is 28.8. The summed E-state index contributed by atoms with van der Waals surface area (Å²) < 4.78 is 0. The number of nitrogens with zero attached hydrogens (tertiary/aromatic N) is 1. The fourth-order valence-corrected chi connectivity index (χ4v) is 9.77. The molecule has 0 amide bonds. The van der Waals surface area contributed by atoms with E-state index < -0.39 is 0 Å². The second kappa shape index (κ2) is 9.51. The zero-order valence-electron chi connectivity index (χ0n) is 29.3. The van der Waals surface area contributed by atoms with Gasteiger partial charge in [0.25, 0.3) is 0 Å². The molecule has 238 valence electrons. The lowest BCUT2D eigenvalue weighted by atomic mass is 9.59. The summed E-state index contributed by atoms with van der Waals surface area (Å²) in [6, 6.07) is 48.5. The van der Waals surface area contributed by atoms with E-state index in [0.29, 0.717) is 0 Å². The second-order valence-corrected chi connectivity index (χ2v) is 15.9. The number of hydrogen-bond acceptors (Lipinski definition) is 1. The SMILES string of the molecule is CCC1(C)c2cccc3c2N2c4c(cccc4C(C)(C)c4cc(-c5ccc(-c6ccc7ccccc7c6)c6ccccc56)cc1c42)C3(C)C. The Balaban J connectivity index is 1.27. The number of anilines is 3. The maximum absolute atomic E-state index is 2.68. The molecular weight excluding hydrogens is 591 g/mol. The molecular formula is C48H41N. The Labute approximate surface area is 289 Å². The molecule has 49 heavy (non-hydrogen) atoms. The minimum atomic E-state index is -0.169. The number of hydrogen-bond donors (Lipinski definition) is 0. The number of rotatable bonds is 3. The topological polar surface area (TPSA) is 3.24 Å². The summed E-state index contributed by atoms with van der Waals surface area (Å²) in [6.45, 7) is 14.6. The van der Waals surface area contributed by atoms with Crippen molar-refractivity contribution in [1.29, 1.82) is 0 Å². The summed E-state index contributed by atoms with van der Waals surface area (Å²) in [5, 5.41) is 5.14. The quantitative estimate of drug-likeness (QED) is 0.188. The monoisotopic (exact) mass is 631 g/mol. The van der Waals surface area contributed by atoms with Crippen LogP contribution in [0.5, 0.6) is 0 Å². The van der Waals surface area contributed by atoms with Gasteiger partial charge >= 0.3 is 0 Å². The number of benzene rings is 7. The van der Waals surface area contributed by atoms with Crippen LogP contribution >= 0.6 is 0 Å². The zero-order chi connectivity index (χ0) is 33.4. The van der Waals surface area contributed by atoms with Crippen LogP contribution in [0.15, 0.2) is 127 Å². The molecule has 7 aromatic rings. The van der Waals surface area contributed by atoms with Gasteiger partial charge in [0.2, 0.25) is 0 Å². The van der Waals surface area contributed by atoms with Crippen molar-refractivity contribution in [2.75, 3.05) is 4.90 Å². The van der Waals surface area contributed by atoms with Gasteiger partial charge in [0.15, 0.2) is 0 Å². The molecule has 0 aliphatic carbocycles. The first-order valence-corrected chi connectivity index (χ1v) is 17.9. The molecule has 1 atom stereocenters. The Bertz CT molecular complexity index is 2560. The van der Waals surface area contributed by atoms with Crippen molar-refractivity contribution in [3.05, 3.63) is 161 Å². The average molecular weight is 632 g/mol. The smallest absolute Gasteiger partial charge is 0.0544 e. The van der Waals surface area contributed by atoms with E-state index in [2.05, 4.69) is 174 Å². The van der Waals surface area contributed by atoms with E-state index in [0.717, 1.165) is 6.42 Å². The molecule has 0 saturated heterocycles. The van der Waals surface area contributed by atoms with Crippen LogP contribution in [0.1, 0.15) is 81.3 Å². The molecule has 1 unspecified atom stereocenters. The summed E-state index contributed by atoms with van der Waals surface area (Å²) in [4.78, 5) is 2.68. The highest BCUT2D eigenvalue weighted by molar-refractivity contribution is 6.07. The van der Waals surface area contributed by atoms with Crippen LogP contribution in [-0.4, -0.2) is 0 Å². The predicted molar refractivity (Wildman–Crippen MR) is 208 cm³/mol. The molecule has 0 fully saturated rings. The van der Waals surface area contributed by atoms with Crippen LogP contribution in [0.4, 0.5) is 17.1 Å². The van der Waals surface area contributed by atoms with E-state index in [1.165, 1.54) is 94.2 Å². The Morgan fingerprint density at radius 2 is 0.939 bits per heavy atom. The summed E-state index contributed by atoms with van der Waals surface area (Å²) >= 11 is 0. The zero-order valence-corrected chi connectivity index (χ0v) is 29.3. The third-order valence-electron chi connectivity index (χ3n) is 12.7. The van der Waals surface area contributed by atoms with Gasteiger partial charge in [-0.25, -0.2) is 0 Å². The van der Waals surface area contributed by atoms with Crippen molar-refractivity contribution in [1.82, 2.24) is 0 Å². The molecule has 7 aromatic carbocycles. The lowest BCUT2D eigenvalue weighted by molar-refractivity contribution is 0.524. The van der Waals surface area contributed by atoms with E-state index >= 15 is 0 Å². The minimum absolute atomic E-state index is 0.0848. The van der Waals surface area contributed by atoms with Crippen LogP contribution in [-0.2, 0) is 16.2 Å². The standard InChI is InChI=1S/C48H41N/c1-7-48(6)40-21-13-20-39-44(40)49-43-37(46(39,2)3)18-12-19-38(43)47(4,5)41-27-32(28-42(48)45(41)49)34-25-24-33(35-16-10-11-17-36(34)35)31-23-22-29-14-8-9-15-30(29)26-31/h8-28H,7H2,1-6H3. The summed E-state index contributed by atoms with van der Waals surface area (Å²) in [5.74, 6) is 0. The first-order chi connectivity index (χ1) is 23.6. The predicted octanol–water partition coefficient (Wildman–Crippen LogP) is 13.1. The molecule has 0 bridgehead atoms. The summed E-state index contributed by atoms with van der Waals surface area (Å²) in [7, 11) is 0. The molecule has 1 nitrogen and oxygen atoms in total. The minimum Gasteiger partial charge on any atom is -0.309 e.